The van der Waals surface area contributed by atoms with Gasteiger partial charge >= 0.3 is 0 Å². The van der Waals surface area contributed by atoms with Crippen LogP contribution in [0.3, 0.4) is 0 Å². The van der Waals surface area contributed by atoms with Gasteiger partial charge in [-0.2, -0.15) is 0 Å². The highest BCUT2D eigenvalue weighted by Gasteiger charge is 2.15. The number of nitrogens with two attached hydrogens (primary N) is 1. The van der Waals surface area contributed by atoms with Crippen molar-refractivity contribution in [1.29, 1.82) is 0 Å². The van der Waals surface area contributed by atoms with Crippen LogP contribution in [-0.2, 0) is 6.42 Å². The molecule has 1 aromatic carbocycles. The van der Waals surface area contributed by atoms with E-state index in [-0.39, 0.29) is 12.6 Å². The average Bonchev–Trinajstić information content (AvgIpc) is 2.29. The average molecular weight is 244 g/mol. The number of aliphatic hydroxyl groups excluding tert-OH is 1. The third-order valence-corrected chi connectivity index (χ3v) is 3.28. The Morgan fingerprint density at radius 3 is 2.62 bits per heavy atom. The standard InChI is InChI=1S/C12H18ClNO2/c1-7-4-11(16-3)10(5-9(14)6-15)8(2)12(7)13/h4,9,15H,5-6,14H2,1-3H3. The van der Waals surface area contributed by atoms with Crippen LogP contribution in [0.15, 0.2) is 6.07 Å². The number of aliphatic hydroxyl groups is 1. The number of aryl methyl sites for hydroxylation is 1. The predicted octanol–water partition coefficient (Wildman–Crippen LogP) is 1.83. The predicted molar refractivity (Wildman–Crippen MR) is 66.2 cm³/mol. The number of methoxy groups -OCH3 is 1. The van der Waals surface area contributed by atoms with E-state index in [1.165, 1.54) is 0 Å². The lowest BCUT2D eigenvalue weighted by Crippen LogP contribution is -2.27. The molecule has 1 aromatic rings. The molecule has 0 aliphatic rings. The zero-order valence-corrected chi connectivity index (χ0v) is 10.6. The molecule has 0 amide bonds. The first-order valence-corrected chi connectivity index (χ1v) is 5.58. The Labute approximate surface area is 101 Å². The zero-order chi connectivity index (χ0) is 12.3. The van der Waals surface area contributed by atoms with Crippen molar-refractivity contribution in [3.63, 3.8) is 0 Å². The molecule has 1 atom stereocenters. The fourth-order valence-electron chi connectivity index (χ4n) is 1.72. The Morgan fingerprint density at radius 2 is 2.12 bits per heavy atom. The molecule has 3 nitrogen and oxygen atoms in total. The van der Waals surface area contributed by atoms with E-state index in [2.05, 4.69) is 0 Å². The van der Waals surface area contributed by atoms with Gasteiger partial charge in [-0.1, -0.05) is 11.6 Å². The molecule has 90 valence electrons. The van der Waals surface area contributed by atoms with Gasteiger partial charge in [-0.15, -0.1) is 0 Å². The molecule has 0 saturated heterocycles. The summed E-state index contributed by atoms with van der Waals surface area (Å²) in [7, 11) is 1.62. The summed E-state index contributed by atoms with van der Waals surface area (Å²) in [6.07, 6.45) is 0.561. The van der Waals surface area contributed by atoms with Crippen molar-refractivity contribution in [2.45, 2.75) is 26.3 Å². The van der Waals surface area contributed by atoms with Crippen molar-refractivity contribution in [3.8, 4) is 5.75 Å². The molecular weight excluding hydrogens is 226 g/mol. The molecule has 0 heterocycles. The Balaban J connectivity index is 3.19. The van der Waals surface area contributed by atoms with Crippen LogP contribution in [0, 0.1) is 13.8 Å². The first-order valence-electron chi connectivity index (χ1n) is 5.20. The van der Waals surface area contributed by atoms with Gasteiger partial charge in [-0.25, -0.2) is 0 Å². The number of hydrogen-bond donors (Lipinski definition) is 2. The van der Waals surface area contributed by atoms with E-state index in [0.29, 0.717) is 6.42 Å². The highest BCUT2D eigenvalue weighted by Crippen LogP contribution is 2.32. The topological polar surface area (TPSA) is 55.5 Å². The summed E-state index contributed by atoms with van der Waals surface area (Å²) in [5.74, 6) is 0.781. The van der Waals surface area contributed by atoms with E-state index in [0.717, 1.165) is 27.5 Å². The molecule has 16 heavy (non-hydrogen) atoms. The maximum absolute atomic E-state index is 8.98. The molecule has 4 heteroatoms. The maximum Gasteiger partial charge on any atom is 0.122 e. The van der Waals surface area contributed by atoms with E-state index in [9.17, 15) is 0 Å². The first kappa shape index (κ1) is 13.3. The van der Waals surface area contributed by atoms with Crippen LogP contribution in [0.4, 0.5) is 0 Å². The minimum Gasteiger partial charge on any atom is -0.496 e. The molecule has 0 radical (unpaired) electrons. The molecule has 0 aliphatic heterocycles. The zero-order valence-electron chi connectivity index (χ0n) is 9.88. The van der Waals surface area contributed by atoms with Gasteiger partial charge in [-0.05, 0) is 37.5 Å². The quantitative estimate of drug-likeness (QED) is 0.848. The highest BCUT2D eigenvalue weighted by molar-refractivity contribution is 6.32. The van der Waals surface area contributed by atoms with E-state index in [1.807, 2.05) is 19.9 Å². The van der Waals surface area contributed by atoms with E-state index >= 15 is 0 Å². The lowest BCUT2D eigenvalue weighted by molar-refractivity contribution is 0.264. The van der Waals surface area contributed by atoms with Crippen molar-refractivity contribution >= 4 is 11.6 Å². The maximum atomic E-state index is 8.98. The SMILES string of the molecule is COc1cc(C)c(Cl)c(C)c1CC(N)CO. The van der Waals surface area contributed by atoms with Crippen LogP contribution in [0.1, 0.15) is 16.7 Å². The van der Waals surface area contributed by atoms with Crippen LogP contribution in [0.5, 0.6) is 5.75 Å². The van der Waals surface area contributed by atoms with Gasteiger partial charge in [0.25, 0.3) is 0 Å². The van der Waals surface area contributed by atoms with Crippen LogP contribution in [0.2, 0.25) is 5.02 Å². The summed E-state index contributed by atoms with van der Waals surface area (Å²) in [4.78, 5) is 0. The van der Waals surface area contributed by atoms with Gasteiger partial charge in [0, 0.05) is 16.6 Å². The minimum atomic E-state index is -0.286. The van der Waals surface area contributed by atoms with Gasteiger partial charge in [0.2, 0.25) is 0 Å². The van der Waals surface area contributed by atoms with E-state index in [4.69, 9.17) is 27.2 Å². The van der Waals surface area contributed by atoms with Crippen LogP contribution >= 0.6 is 11.6 Å². The molecule has 0 aromatic heterocycles. The number of hydrogen-bond acceptors (Lipinski definition) is 3. The summed E-state index contributed by atoms with van der Waals surface area (Å²) in [5, 5.41) is 9.71. The second-order valence-electron chi connectivity index (χ2n) is 3.96. The number of benzene rings is 1. The Kier molecular flexibility index (Phi) is 4.59. The molecule has 0 bridgehead atoms. The molecular formula is C12H18ClNO2. The number of ether oxygens (including phenoxy) is 1. The fraction of sp³-hybridized carbons (Fsp3) is 0.500. The van der Waals surface area contributed by atoms with Gasteiger partial charge in [0.05, 0.1) is 13.7 Å². The normalized spacial score (nSPS) is 12.6. The largest absolute Gasteiger partial charge is 0.496 e. The summed E-state index contributed by atoms with van der Waals surface area (Å²) in [5.41, 5.74) is 8.67. The Hall–Kier alpha value is -0.770. The summed E-state index contributed by atoms with van der Waals surface area (Å²) in [6, 6.07) is 1.61. The van der Waals surface area contributed by atoms with Gasteiger partial charge in [-0.3, -0.25) is 0 Å². The van der Waals surface area contributed by atoms with Crippen molar-refractivity contribution in [2.24, 2.45) is 5.73 Å². The second-order valence-corrected chi connectivity index (χ2v) is 4.34. The van der Waals surface area contributed by atoms with Crippen molar-refractivity contribution in [1.82, 2.24) is 0 Å². The summed E-state index contributed by atoms with van der Waals surface area (Å²) >= 11 is 6.18. The van der Waals surface area contributed by atoms with E-state index in [1.54, 1.807) is 7.11 Å². The number of rotatable bonds is 4. The molecule has 0 spiro atoms. The van der Waals surface area contributed by atoms with Crippen molar-refractivity contribution < 1.29 is 9.84 Å². The minimum absolute atomic E-state index is 0.0475. The molecule has 0 saturated carbocycles. The monoisotopic (exact) mass is 243 g/mol. The lowest BCUT2D eigenvalue weighted by Gasteiger charge is -2.17. The fourth-order valence-corrected chi connectivity index (χ4v) is 1.89. The van der Waals surface area contributed by atoms with Crippen molar-refractivity contribution in [3.05, 3.63) is 27.8 Å². The van der Waals surface area contributed by atoms with Crippen molar-refractivity contribution in [2.75, 3.05) is 13.7 Å². The third-order valence-electron chi connectivity index (χ3n) is 2.69. The molecule has 0 fully saturated rings. The molecule has 1 rings (SSSR count). The summed E-state index contributed by atoms with van der Waals surface area (Å²) < 4.78 is 5.31. The third kappa shape index (κ3) is 2.67. The lowest BCUT2D eigenvalue weighted by atomic mass is 9.98. The van der Waals surface area contributed by atoms with Crippen LogP contribution in [0.25, 0.3) is 0 Å². The van der Waals surface area contributed by atoms with Gasteiger partial charge in [0.15, 0.2) is 0 Å². The molecule has 3 N–H and O–H groups in total. The van der Waals surface area contributed by atoms with E-state index < -0.39 is 0 Å². The Bertz CT molecular complexity index is 380. The Morgan fingerprint density at radius 1 is 1.50 bits per heavy atom. The summed E-state index contributed by atoms with van der Waals surface area (Å²) in [6.45, 7) is 3.83. The highest BCUT2D eigenvalue weighted by atomic mass is 35.5. The smallest absolute Gasteiger partial charge is 0.122 e. The van der Waals surface area contributed by atoms with Gasteiger partial charge in [0.1, 0.15) is 5.75 Å². The molecule has 0 aliphatic carbocycles. The van der Waals surface area contributed by atoms with Crippen LogP contribution in [-0.4, -0.2) is 24.9 Å². The second kappa shape index (κ2) is 5.53. The van der Waals surface area contributed by atoms with Gasteiger partial charge < -0.3 is 15.6 Å². The first-order chi connectivity index (χ1) is 7.51. The van der Waals surface area contributed by atoms with Crippen LogP contribution < -0.4 is 10.5 Å². The molecule has 1 unspecified atom stereocenters. The number of halogens is 1.